The SMILES string of the molecule is C=CC(=O)N1CCN(c2nc(=O)n(-c3ccccc3[C@@H](C)CC)c3cc(-c4cc(O)cc5ccccc45)c(Cl)cc23)CC1. The van der Waals surface area contributed by atoms with E-state index in [1.54, 1.807) is 21.6 Å². The van der Waals surface area contributed by atoms with Gasteiger partial charge >= 0.3 is 5.69 Å². The number of benzene rings is 4. The van der Waals surface area contributed by atoms with Crippen molar-refractivity contribution in [3.8, 4) is 22.6 Å². The fraction of sp³-hybridized carbons (Fsp3) is 0.229. The molecule has 0 radical (unpaired) electrons. The van der Waals surface area contributed by atoms with Crippen molar-refractivity contribution in [3.63, 3.8) is 0 Å². The number of nitrogens with zero attached hydrogens (tertiary/aromatic N) is 4. The fourth-order valence-corrected chi connectivity index (χ4v) is 6.29. The molecule has 1 atom stereocenters. The van der Waals surface area contributed by atoms with Gasteiger partial charge in [0, 0.05) is 42.2 Å². The van der Waals surface area contributed by atoms with Gasteiger partial charge in [-0.1, -0.05) is 74.5 Å². The van der Waals surface area contributed by atoms with E-state index < -0.39 is 5.69 Å². The minimum Gasteiger partial charge on any atom is -0.508 e. The molecular formula is C35H33ClN4O3. The van der Waals surface area contributed by atoms with Crippen LogP contribution < -0.4 is 10.6 Å². The molecule has 0 spiro atoms. The van der Waals surface area contributed by atoms with Crippen LogP contribution in [-0.2, 0) is 4.79 Å². The summed E-state index contributed by atoms with van der Waals surface area (Å²) in [6.45, 7) is 9.92. The van der Waals surface area contributed by atoms with Gasteiger partial charge in [0.05, 0.1) is 11.2 Å². The molecule has 1 aliphatic rings. The average molecular weight is 593 g/mol. The number of amides is 1. The Balaban J connectivity index is 1.63. The van der Waals surface area contributed by atoms with Crippen LogP contribution in [0.1, 0.15) is 31.7 Å². The molecule has 4 aromatic carbocycles. The lowest BCUT2D eigenvalue weighted by molar-refractivity contribution is -0.126. The zero-order valence-electron chi connectivity index (χ0n) is 24.3. The summed E-state index contributed by atoms with van der Waals surface area (Å²) in [6.07, 6.45) is 2.24. The number of phenols is 1. The maximum Gasteiger partial charge on any atom is 0.354 e. The summed E-state index contributed by atoms with van der Waals surface area (Å²) in [5, 5.41) is 13.7. The van der Waals surface area contributed by atoms with Crippen molar-refractivity contribution in [2.45, 2.75) is 26.2 Å². The van der Waals surface area contributed by atoms with Crippen molar-refractivity contribution in [2.75, 3.05) is 31.1 Å². The highest BCUT2D eigenvalue weighted by atomic mass is 35.5. The van der Waals surface area contributed by atoms with Gasteiger partial charge in [0.15, 0.2) is 0 Å². The number of rotatable bonds is 6. The third-order valence-corrected chi connectivity index (χ3v) is 8.80. The predicted octanol–water partition coefficient (Wildman–Crippen LogP) is 6.91. The van der Waals surface area contributed by atoms with Gasteiger partial charge < -0.3 is 14.9 Å². The first-order valence-corrected chi connectivity index (χ1v) is 14.9. The second-order valence-electron chi connectivity index (χ2n) is 11.0. The van der Waals surface area contributed by atoms with Crippen molar-refractivity contribution < 1.29 is 9.90 Å². The third-order valence-electron chi connectivity index (χ3n) is 8.48. The van der Waals surface area contributed by atoms with Crippen molar-refractivity contribution in [1.82, 2.24) is 14.5 Å². The number of piperazine rings is 1. The molecule has 218 valence electrons. The highest BCUT2D eigenvalue weighted by Crippen LogP contribution is 2.40. The Hall–Kier alpha value is -4.62. The highest BCUT2D eigenvalue weighted by Gasteiger charge is 2.25. The van der Waals surface area contributed by atoms with E-state index in [2.05, 4.69) is 31.5 Å². The van der Waals surface area contributed by atoms with Crippen LogP contribution in [0.4, 0.5) is 5.82 Å². The maximum atomic E-state index is 14.1. The molecule has 0 saturated carbocycles. The van der Waals surface area contributed by atoms with Gasteiger partial charge in [-0.25, -0.2) is 4.79 Å². The summed E-state index contributed by atoms with van der Waals surface area (Å²) >= 11 is 7.05. The molecule has 1 N–H and O–H groups in total. The van der Waals surface area contributed by atoms with Gasteiger partial charge in [-0.2, -0.15) is 4.98 Å². The molecule has 0 aliphatic carbocycles. The van der Waals surface area contributed by atoms with Crippen LogP contribution in [0.15, 0.2) is 90.2 Å². The van der Waals surface area contributed by atoms with Crippen LogP contribution in [0.2, 0.25) is 5.02 Å². The number of carbonyl (C=O) groups is 1. The lowest BCUT2D eigenvalue weighted by atomic mass is 9.95. The first kappa shape index (κ1) is 28.5. The van der Waals surface area contributed by atoms with E-state index in [1.165, 1.54) is 6.08 Å². The number of aromatic hydroxyl groups is 1. The van der Waals surface area contributed by atoms with Crippen LogP contribution in [0.3, 0.4) is 0 Å². The second kappa shape index (κ2) is 11.6. The van der Waals surface area contributed by atoms with Crippen molar-refractivity contribution in [3.05, 3.63) is 107 Å². The molecule has 1 aliphatic heterocycles. The Morgan fingerprint density at radius 2 is 1.72 bits per heavy atom. The summed E-state index contributed by atoms with van der Waals surface area (Å²) in [5.41, 5.74) is 3.58. The van der Waals surface area contributed by atoms with Crippen LogP contribution in [0, 0.1) is 0 Å². The molecule has 7 nitrogen and oxygen atoms in total. The smallest absolute Gasteiger partial charge is 0.354 e. The van der Waals surface area contributed by atoms with Gasteiger partial charge in [-0.3, -0.25) is 9.36 Å². The van der Waals surface area contributed by atoms with E-state index in [1.807, 2.05) is 59.5 Å². The number of halogens is 1. The minimum absolute atomic E-state index is 0.111. The van der Waals surface area contributed by atoms with Gasteiger partial charge in [0.25, 0.3) is 0 Å². The molecule has 5 aromatic rings. The Bertz CT molecular complexity index is 1940. The normalized spacial score (nSPS) is 14.3. The number of aromatic nitrogens is 2. The Labute approximate surface area is 255 Å². The molecule has 0 unspecified atom stereocenters. The van der Waals surface area contributed by atoms with Crippen LogP contribution in [-0.4, -0.2) is 51.6 Å². The lowest BCUT2D eigenvalue weighted by Crippen LogP contribution is -2.49. The Kier molecular flexibility index (Phi) is 7.67. The molecule has 0 bridgehead atoms. The van der Waals surface area contributed by atoms with Crippen LogP contribution in [0.25, 0.3) is 38.5 Å². The van der Waals surface area contributed by atoms with E-state index in [0.29, 0.717) is 48.1 Å². The standard InChI is InChI=1S/C35H33ClN4O3/c1-4-22(3)25-11-8-9-13-31(25)40-32-21-28(27-19-24(41)18-23-10-6-7-12-26(23)27)30(36)20-29(32)34(37-35(40)43)39-16-14-38(15-17-39)33(42)5-2/h5-13,18-22,41H,2,4,14-17H2,1,3H3/t22-/m0/s1. The summed E-state index contributed by atoms with van der Waals surface area (Å²) in [4.78, 5) is 34.7. The summed E-state index contributed by atoms with van der Waals surface area (Å²) < 4.78 is 1.68. The largest absolute Gasteiger partial charge is 0.508 e. The number of anilines is 1. The predicted molar refractivity (Wildman–Crippen MR) is 175 cm³/mol. The number of phenolic OH excluding ortho intramolecular Hbond substituents is 1. The molecule has 1 aromatic heterocycles. The lowest BCUT2D eigenvalue weighted by Gasteiger charge is -2.35. The fourth-order valence-electron chi connectivity index (χ4n) is 6.02. The van der Waals surface area contributed by atoms with E-state index in [0.717, 1.165) is 39.4 Å². The number of hydrogen-bond donors (Lipinski definition) is 1. The number of carbonyl (C=O) groups excluding carboxylic acids is 1. The quantitative estimate of drug-likeness (QED) is 0.217. The Morgan fingerprint density at radius 3 is 2.47 bits per heavy atom. The second-order valence-corrected chi connectivity index (χ2v) is 11.4. The van der Waals surface area contributed by atoms with Gasteiger partial charge in [-0.05, 0) is 70.6 Å². The average Bonchev–Trinajstić information content (AvgIpc) is 3.03. The monoisotopic (exact) mass is 592 g/mol. The number of fused-ring (bicyclic) bond motifs is 2. The molecule has 8 heteroatoms. The van der Waals surface area contributed by atoms with Gasteiger partial charge in [-0.15, -0.1) is 0 Å². The molecule has 1 amide bonds. The molecular weight excluding hydrogens is 560 g/mol. The first-order chi connectivity index (χ1) is 20.8. The summed E-state index contributed by atoms with van der Waals surface area (Å²) in [6, 6.07) is 23.0. The topological polar surface area (TPSA) is 78.7 Å². The molecule has 43 heavy (non-hydrogen) atoms. The van der Waals surface area contributed by atoms with Crippen molar-refractivity contribution >= 4 is 45.0 Å². The van der Waals surface area contributed by atoms with E-state index in [9.17, 15) is 14.7 Å². The van der Waals surface area contributed by atoms with Gasteiger partial charge in [0.1, 0.15) is 11.6 Å². The molecule has 1 fully saturated rings. The Morgan fingerprint density at radius 1 is 1.00 bits per heavy atom. The van der Waals surface area contributed by atoms with Crippen LogP contribution in [0.5, 0.6) is 5.75 Å². The van der Waals surface area contributed by atoms with E-state index >= 15 is 0 Å². The molecule has 1 saturated heterocycles. The highest BCUT2D eigenvalue weighted by molar-refractivity contribution is 6.35. The van der Waals surface area contributed by atoms with Crippen molar-refractivity contribution in [2.24, 2.45) is 0 Å². The first-order valence-electron chi connectivity index (χ1n) is 14.5. The summed E-state index contributed by atoms with van der Waals surface area (Å²) in [7, 11) is 0. The van der Waals surface area contributed by atoms with Crippen molar-refractivity contribution in [1.29, 1.82) is 0 Å². The molecule has 2 heterocycles. The maximum absolute atomic E-state index is 14.1. The minimum atomic E-state index is -0.392. The van der Waals surface area contributed by atoms with Crippen LogP contribution >= 0.6 is 11.6 Å². The zero-order valence-corrected chi connectivity index (χ0v) is 25.0. The third kappa shape index (κ3) is 5.14. The number of hydrogen-bond acceptors (Lipinski definition) is 5. The zero-order chi connectivity index (χ0) is 30.2. The van der Waals surface area contributed by atoms with Gasteiger partial charge in [0.2, 0.25) is 5.91 Å². The number of para-hydroxylation sites is 1. The summed E-state index contributed by atoms with van der Waals surface area (Å²) in [5.74, 6) is 0.777. The van der Waals surface area contributed by atoms with E-state index in [-0.39, 0.29) is 17.6 Å². The molecule has 6 rings (SSSR count). The van der Waals surface area contributed by atoms with E-state index in [4.69, 9.17) is 11.6 Å².